The molecule has 4 fully saturated rings. The second-order valence-electron chi connectivity index (χ2n) is 7.83. The van der Waals surface area contributed by atoms with E-state index in [9.17, 15) is 9.90 Å². The molecule has 124 valence electrons. The Kier molecular flexibility index (Phi) is 3.61. The zero-order valence-electron chi connectivity index (χ0n) is 13.5. The highest BCUT2D eigenvalue weighted by molar-refractivity contribution is 5.75. The van der Waals surface area contributed by atoms with Gasteiger partial charge < -0.3 is 20.1 Å². The van der Waals surface area contributed by atoms with E-state index in [0.717, 1.165) is 32.4 Å². The van der Waals surface area contributed by atoms with Gasteiger partial charge in [-0.25, -0.2) is 4.79 Å². The number of aliphatic hydroxyl groups excluding tert-OH is 1. The molecule has 2 heterocycles. The maximum Gasteiger partial charge on any atom is 0.317 e. The van der Waals surface area contributed by atoms with E-state index in [1.165, 1.54) is 19.3 Å². The van der Waals surface area contributed by atoms with Crippen molar-refractivity contribution in [1.82, 2.24) is 10.2 Å². The summed E-state index contributed by atoms with van der Waals surface area (Å²) in [6.07, 6.45) is 7.59. The van der Waals surface area contributed by atoms with Gasteiger partial charge in [-0.15, -0.1) is 0 Å². The minimum Gasteiger partial charge on any atom is -0.393 e. The summed E-state index contributed by atoms with van der Waals surface area (Å²) < 4.78 is 5.92. The van der Waals surface area contributed by atoms with Gasteiger partial charge in [0.1, 0.15) is 0 Å². The quantitative estimate of drug-likeness (QED) is 0.837. The zero-order chi connectivity index (χ0) is 15.3. The summed E-state index contributed by atoms with van der Waals surface area (Å²) in [5.74, 6) is 0.530. The Bertz CT molecular complexity index is 449. The lowest BCUT2D eigenvalue weighted by Crippen LogP contribution is -2.72. The minimum absolute atomic E-state index is 0.0878. The first-order valence-corrected chi connectivity index (χ1v) is 8.98. The van der Waals surface area contributed by atoms with E-state index in [1.807, 2.05) is 11.8 Å². The van der Waals surface area contributed by atoms with Crippen LogP contribution >= 0.6 is 0 Å². The lowest BCUT2D eigenvalue weighted by atomic mass is 9.46. The van der Waals surface area contributed by atoms with E-state index in [2.05, 4.69) is 5.32 Å². The van der Waals surface area contributed by atoms with Gasteiger partial charge in [0.25, 0.3) is 0 Å². The first-order chi connectivity index (χ1) is 10.6. The molecular formula is C17H28N2O3. The number of likely N-dealkylation sites (tertiary alicyclic amines) is 1. The average Bonchev–Trinajstić information content (AvgIpc) is 3.01. The molecule has 4 aliphatic rings. The maximum absolute atomic E-state index is 12.7. The number of nitrogens with one attached hydrogen (secondary N) is 1. The van der Waals surface area contributed by atoms with E-state index in [-0.39, 0.29) is 23.6 Å². The van der Waals surface area contributed by atoms with Gasteiger partial charge >= 0.3 is 6.03 Å². The standard InChI is InChI=1S/C17H28N2O3/c1-11(20)10-12-4-2-8-19(12)16(21)18-14-13-5-9-22-15(13)17(14)6-3-7-17/h11-15,20H,2-10H2,1H3,(H,18,21). The molecule has 22 heavy (non-hydrogen) atoms. The number of rotatable bonds is 3. The van der Waals surface area contributed by atoms with E-state index >= 15 is 0 Å². The van der Waals surface area contributed by atoms with Gasteiger partial charge in [-0.1, -0.05) is 6.42 Å². The van der Waals surface area contributed by atoms with Crippen molar-refractivity contribution in [3.05, 3.63) is 0 Å². The Morgan fingerprint density at radius 2 is 2.23 bits per heavy atom. The van der Waals surface area contributed by atoms with Gasteiger partial charge in [0, 0.05) is 36.6 Å². The van der Waals surface area contributed by atoms with Gasteiger partial charge in [-0.2, -0.15) is 0 Å². The minimum atomic E-state index is -0.340. The van der Waals surface area contributed by atoms with Crippen molar-refractivity contribution in [3.8, 4) is 0 Å². The van der Waals surface area contributed by atoms with Crippen LogP contribution in [0.2, 0.25) is 0 Å². The third-order valence-corrected chi connectivity index (χ3v) is 6.57. The summed E-state index contributed by atoms with van der Waals surface area (Å²) in [6, 6.07) is 0.604. The lowest BCUT2D eigenvalue weighted by molar-refractivity contribution is -0.172. The van der Waals surface area contributed by atoms with Crippen LogP contribution in [0.15, 0.2) is 0 Å². The summed E-state index contributed by atoms with van der Waals surface area (Å²) >= 11 is 0. The first kappa shape index (κ1) is 14.8. The SMILES string of the molecule is CC(O)CC1CCCN1C(=O)NC1C2CCOC2C12CCC2. The number of ether oxygens (including phenoxy) is 1. The van der Waals surface area contributed by atoms with Crippen LogP contribution in [0, 0.1) is 11.3 Å². The normalized spacial score (nSPS) is 40.0. The molecule has 0 aromatic rings. The van der Waals surface area contributed by atoms with Crippen LogP contribution in [0.3, 0.4) is 0 Å². The number of aliphatic hydroxyl groups is 1. The third-order valence-electron chi connectivity index (χ3n) is 6.57. The molecule has 1 spiro atoms. The number of hydrogen-bond donors (Lipinski definition) is 2. The van der Waals surface area contributed by atoms with Crippen LogP contribution in [0.25, 0.3) is 0 Å². The van der Waals surface area contributed by atoms with Crippen LogP contribution in [-0.2, 0) is 4.74 Å². The largest absolute Gasteiger partial charge is 0.393 e. The molecule has 0 bridgehead atoms. The predicted octanol–water partition coefficient (Wildman–Crippen LogP) is 1.89. The van der Waals surface area contributed by atoms with E-state index < -0.39 is 0 Å². The topological polar surface area (TPSA) is 61.8 Å². The van der Waals surface area contributed by atoms with Crippen LogP contribution in [0.5, 0.6) is 0 Å². The van der Waals surface area contributed by atoms with Crippen molar-refractivity contribution >= 4 is 6.03 Å². The Labute approximate surface area is 132 Å². The van der Waals surface area contributed by atoms with Gasteiger partial charge in [-0.05, 0) is 45.4 Å². The Balaban J connectivity index is 1.41. The Hall–Kier alpha value is -0.810. The lowest BCUT2D eigenvalue weighted by Gasteiger charge is -2.63. The number of fused-ring (bicyclic) bond motifs is 2. The molecule has 2 amide bonds. The third kappa shape index (κ3) is 2.08. The summed E-state index contributed by atoms with van der Waals surface area (Å²) in [7, 11) is 0. The fourth-order valence-corrected chi connectivity index (χ4v) is 5.41. The zero-order valence-corrected chi connectivity index (χ0v) is 13.5. The van der Waals surface area contributed by atoms with Crippen LogP contribution in [0.4, 0.5) is 4.79 Å². The van der Waals surface area contributed by atoms with E-state index in [4.69, 9.17) is 4.74 Å². The number of hydrogen-bond acceptors (Lipinski definition) is 3. The van der Waals surface area contributed by atoms with Crippen molar-refractivity contribution in [1.29, 1.82) is 0 Å². The number of urea groups is 1. The van der Waals surface area contributed by atoms with Crippen LogP contribution in [-0.4, -0.2) is 53.5 Å². The van der Waals surface area contributed by atoms with Crippen molar-refractivity contribution in [2.24, 2.45) is 11.3 Å². The molecule has 4 rings (SSSR count). The Morgan fingerprint density at radius 1 is 1.41 bits per heavy atom. The molecule has 5 unspecified atom stereocenters. The summed E-state index contributed by atoms with van der Waals surface area (Å²) in [5.41, 5.74) is 0.246. The number of carbonyl (C=O) groups excluding carboxylic acids is 1. The van der Waals surface area contributed by atoms with Gasteiger partial charge in [0.05, 0.1) is 12.2 Å². The molecule has 2 saturated heterocycles. The fraction of sp³-hybridized carbons (Fsp3) is 0.941. The predicted molar refractivity (Wildman–Crippen MR) is 82.5 cm³/mol. The van der Waals surface area contributed by atoms with Crippen LogP contribution < -0.4 is 5.32 Å². The molecule has 2 aliphatic heterocycles. The second-order valence-corrected chi connectivity index (χ2v) is 7.83. The van der Waals surface area contributed by atoms with Gasteiger partial charge in [0.15, 0.2) is 0 Å². The molecule has 5 atom stereocenters. The van der Waals surface area contributed by atoms with Crippen molar-refractivity contribution in [2.75, 3.05) is 13.2 Å². The highest BCUT2D eigenvalue weighted by Crippen LogP contribution is 2.62. The van der Waals surface area contributed by atoms with Gasteiger partial charge in [0.2, 0.25) is 0 Å². The molecule has 2 N–H and O–H groups in total. The molecule has 0 aromatic heterocycles. The number of carbonyl (C=O) groups is 1. The number of nitrogens with zero attached hydrogens (tertiary/aromatic N) is 1. The van der Waals surface area contributed by atoms with Crippen molar-refractivity contribution in [2.45, 2.75) is 76.2 Å². The molecule has 0 radical (unpaired) electrons. The van der Waals surface area contributed by atoms with Gasteiger partial charge in [-0.3, -0.25) is 0 Å². The number of amides is 2. The molecule has 2 saturated carbocycles. The summed E-state index contributed by atoms with van der Waals surface area (Å²) in [6.45, 7) is 3.50. The van der Waals surface area contributed by atoms with E-state index in [0.29, 0.717) is 24.5 Å². The maximum atomic E-state index is 12.7. The van der Waals surface area contributed by atoms with Crippen molar-refractivity contribution < 1.29 is 14.6 Å². The van der Waals surface area contributed by atoms with E-state index in [1.54, 1.807) is 0 Å². The molecule has 0 aromatic carbocycles. The Morgan fingerprint density at radius 3 is 2.91 bits per heavy atom. The van der Waals surface area contributed by atoms with Crippen molar-refractivity contribution in [3.63, 3.8) is 0 Å². The summed E-state index contributed by atoms with van der Waals surface area (Å²) in [5, 5.41) is 13.0. The summed E-state index contributed by atoms with van der Waals surface area (Å²) in [4.78, 5) is 14.7. The molecule has 5 heteroatoms. The highest BCUT2D eigenvalue weighted by atomic mass is 16.5. The molecule has 2 aliphatic carbocycles. The molecular weight excluding hydrogens is 280 g/mol. The second kappa shape index (κ2) is 5.38. The first-order valence-electron chi connectivity index (χ1n) is 8.98. The fourth-order valence-electron chi connectivity index (χ4n) is 5.41. The smallest absolute Gasteiger partial charge is 0.317 e. The highest BCUT2D eigenvalue weighted by Gasteiger charge is 2.67. The molecule has 5 nitrogen and oxygen atoms in total. The average molecular weight is 308 g/mol. The van der Waals surface area contributed by atoms with Crippen LogP contribution in [0.1, 0.15) is 51.9 Å². The monoisotopic (exact) mass is 308 g/mol.